The van der Waals surface area contributed by atoms with Gasteiger partial charge in [-0.15, -0.1) is 5.10 Å². The number of likely N-dealkylation sites (N-methyl/N-ethyl adjacent to an activating group) is 1. The van der Waals surface area contributed by atoms with Crippen LogP contribution in [0.1, 0.15) is 20.2 Å². The number of hydrogen-bond acceptors (Lipinski definition) is 7. The van der Waals surface area contributed by atoms with Crippen molar-refractivity contribution in [3.8, 4) is 11.3 Å². The molecule has 0 bridgehead atoms. The third-order valence-corrected chi connectivity index (χ3v) is 5.69. The molecule has 4 aromatic rings. The molecule has 1 aliphatic heterocycles. The normalized spacial score (nSPS) is 16.5. The Morgan fingerprint density at radius 1 is 1.06 bits per heavy atom. The van der Waals surface area contributed by atoms with E-state index < -0.39 is 6.98 Å². The number of carbonyl (C=O) groups excluding carboxylic acids is 1. The Morgan fingerprint density at radius 2 is 1.94 bits per heavy atom. The predicted octanol–water partition coefficient (Wildman–Crippen LogP) is 2.60. The van der Waals surface area contributed by atoms with Crippen LogP contribution in [0.25, 0.3) is 22.0 Å². The number of pyridine rings is 2. The van der Waals surface area contributed by atoms with Crippen LogP contribution in [-0.2, 0) is 13.5 Å². The van der Waals surface area contributed by atoms with Crippen LogP contribution in [0.4, 0.5) is 5.82 Å². The fraction of sp³-hybridized carbons (Fsp3) is 0.292. The van der Waals surface area contributed by atoms with Crippen LogP contribution < -0.4 is 4.90 Å². The Bertz CT molecular complexity index is 1380. The molecule has 0 amide bonds. The first kappa shape index (κ1) is 17.0. The molecular formula is C24H25N7O. The lowest BCUT2D eigenvalue weighted by atomic mass is 10.0. The van der Waals surface area contributed by atoms with Gasteiger partial charge < -0.3 is 9.80 Å². The highest BCUT2D eigenvalue weighted by molar-refractivity contribution is 5.98. The maximum absolute atomic E-state index is 13.1. The number of fused-ring (bicyclic) bond motifs is 1. The molecule has 0 saturated carbocycles. The minimum atomic E-state index is -2.08. The number of piperazine rings is 1. The molecule has 32 heavy (non-hydrogen) atoms. The van der Waals surface area contributed by atoms with E-state index >= 15 is 0 Å². The van der Waals surface area contributed by atoms with Gasteiger partial charge in [0, 0.05) is 71.9 Å². The summed E-state index contributed by atoms with van der Waals surface area (Å²) in [5.74, 6) is 0.632. The van der Waals surface area contributed by atoms with E-state index in [0.717, 1.165) is 22.0 Å². The summed E-state index contributed by atoms with van der Waals surface area (Å²) in [5.41, 5.74) is 2.98. The Balaban J connectivity index is 1.31. The zero-order valence-corrected chi connectivity index (χ0v) is 17.8. The zero-order valence-electron chi connectivity index (χ0n) is 20.8. The molecule has 0 unspecified atom stereocenters. The number of aryl methyl sites for hydroxylation is 1. The minimum absolute atomic E-state index is 0.0493. The van der Waals surface area contributed by atoms with Crippen molar-refractivity contribution in [1.82, 2.24) is 29.9 Å². The van der Waals surface area contributed by atoms with Crippen LogP contribution in [0, 0.1) is 0 Å². The molecule has 3 aromatic heterocycles. The number of benzene rings is 1. The smallest absolute Gasteiger partial charge is 0.169 e. The van der Waals surface area contributed by atoms with Crippen molar-refractivity contribution in [2.75, 3.05) is 38.1 Å². The van der Waals surface area contributed by atoms with Crippen LogP contribution in [0.15, 0.2) is 55.0 Å². The van der Waals surface area contributed by atoms with Crippen molar-refractivity contribution in [3.05, 3.63) is 66.2 Å². The molecule has 0 atom stereocenters. The second kappa shape index (κ2) is 8.47. The van der Waals surface area contributed by atoms with Gasteiger partial charge in [0.15, 0.2) is 5.78 Å². The first-order valence-corrected chi connectivity index (χ1v) is 10.5. The fourth-order valence-electron chi connectivity index (χ4n) is 3.89. The van der Waals surface area contributed by atoms with Gasteiger partial charge in [-0.25, -0.2) is 4.98 Å². The topological polar surface area (TPSA) is 80.0 Å². The van der Waals surface area contributed by atoms with Gasteiger partial charge in [0.1, 0.15) is 11.5 Å². The van der Waals surface area contributed by atoms with Gasteiger partial charge in [-0.05, 0) is 36.6 Å². The van der Waals surface area contributed by atoms with Crippen LogP contribution in [0.2, 0.25) is 0 Å². The van der Waals surface area contributed by atoms with E-state index in [1.54, 1.807) is 29.2 Å². The second-order valence-corrected chi connectivity index (χ2v) is 7.99. The summed E-state index contributed by atoms with van der Waals surface area (Å²) in [7, 11) is 1.83. The van der Waals surface area contributed by atoms with Crippen LogP contribution >= 0.6 is 0 Å². The van der Waals surface area contributed by atoms with Crippen molar-refractivity contribution in [2.45, 2.75) is 6.42 Å². The number of ketones is 1. The first-order valence-electron chi connectivity index (χ1n) is 12.0. The number of Topliss-reactive ketones (excluding diaryl/α,β-unsaturated/α-hetero) is 1. The summed E-state index contributed by atoms with van der Waals surface area (Å²) < 4.78 is 24.4. The summed E-state index contributed by atoms with van der Waals surface area (Å²) in [4.78, 5) is 25.5. The Labute approximate surface area is 190 Å². The SMILES string of the molecule is [2H]C([2H])([2H])N1CCN(c2cc(C(=O)Cc3cc4cc(-c5cn(C)nn5)ccc4cn3)ccn2)CC1. The molecule has 0 spiro atoms. The van der Waals surface area contributed by atoms with Gasteiger partial charge in [-0.2, -0.15) is 0 Å². The van der Waals surface area contributed by atoms with Crippen LogP contribution in [-0.4, -0.2) is 68.8 Å². The summed E-state index contributed by atoms with van der Waals surface area (Å²) >= 11 is 0. The third-order valence-electron chi connectivity index (χ3n) is 5.69. The van der Waals surface area contributed by atoms with Crippen LogP contribution in [0.5, 0.6) is 0 Å². The molecule has 4 heterocycles. The van der Waals surface area contributed by atoms with E-state index in [9.17, 15) is 4.79 Å². The monoisotopic (exact) mass is 430 g/mol. The molecule has 162 valence electrons. The highest BCUT2D eigenvalue weighted by atomic mass is 16.1. The average Bonchev–Trinajstić information content (AvgIpc) is 3.29. The van der Waals surface area contributed by atoms with Crippen molar-refractivity contribution >= 4 is 22.4 Å². The van der Waals surface area contributed by atoms with Gasteiger partial charge in [0.2, 0.25) is 0 Å². The van der Waals surface area contributed by atoms with E-state index in [2.05, 4.69) is 20.3 Å². The van der Waals surface area contributed by atoms with Gasteiger partial charge in [-0.1, -0.05) is 17.3 Å². The highest BCUT2D eigenvalue weighted by Crippen LogP contribution is 2.23. The molecule has 0 N–H and O–H groups in total. The molecular weight excluding hydrogens is 402 g/mol. The van der Waals surface area contributed by atoms with Crippen LogP contribution in [0.3, 0.4) is 0 Å². The number of aromatic nitrogens is 5. The van der Waals surface area contributed by atoms with Gasteiger partial charge >= 0.3 is 0 Å². The largest absolute Gasteiger partial charge is 0.354 e. The van der Waals surface area contributed by atoms with Gasteiger partial charge in [0.05, 0.1) is 12.6 Å². The van der Waals surface area contributed by atoms with Crippen molar-refractivity contribution in [1.29, 1.82) is 0 Å². The molecule has 1 saturated heterocycles. The predicted molar refractivity (Wildman–Crippen MR) is 124 cm³/mol. The maximum atomic E-state index is 13.1. The lowest BCUT2D eigenvalue weighted by Gasteiger charge is -2.33. The van der Waals surface area contributed by atoms with Gasteiger partial charge in [0.25, 0.3) is 0 Å². The molecule has 1 fully saturated rings. The summed E-state index contributed by atoms with van der Waals surface area (Å²) in [6.45, 7) is -0.145. The van der Waals surface area contributed by atoms with Crippen molar-refractivity contribution < 1.29 is 8.91 Å². The van der Waals surface area contributed by atoms with Crippen molar-refractivity contribution in [2.24, 2.45) is 7.05 Å². The quantitative estimate of drug-likeness (QED) is 0.450. The number of carbonyl (C=O) groups is 1. The standard InChI is InChI=1S/C24H25N7O/c1-29-7-9-31(10-8-29)24-13-18(5-6-25-24)23(32)14-21-12-20-11-17(3-4-19(20)15-26-21)22-16-30(2)28-27-22/h3-6,11-13,15-16H,7-10,14H2,1-2H3/i1D3. The van der Waals surface area contributed by atoms with E-state index in [1.807, 2.05) is 42.4 Å². The zero-order chi connectivity index (χ0) is 24.6. The highest BCUT2D eigenvalue weighted by Gasteiger charge is 2.17. The second-order valence-electron chi connectivity index (χ2n) is 7.99. The molecule has 0 aliphatic carbocycles. The summed E-state index contributed by atoms with van der Waals surface area (Å²) in [6.07, 6.45) is 5.43. The molecule has 0 radical (unpaired) electrons. The molecule has 1 aromatic carbocycles. The Morgan fingerprint density at radius 3 is 2.72 bits per heavy atom. The van der Waals surface area contributed by atoms with E-state index in [1.165, 1.54) is 4.90 Å². The Kier molecular flexibility index (Phi) is 4.49. The first-order chi connectivity index (χ1) is 16.8. The molecule has 1 aliphatic rings. The van der Waals surface area contributed by atoms with Gasteiger partial charge in [-0.3, -0.25) is 14.5 Å². The lowest BCUT2D eigenvalue weighted by Crippen LogP contribution is -2.44. The van der Waals surface area contributed by atoms with E-state index in [0.29, 0.717) is 43.3 Å². The average molecular weight is 431 g/mol. The Hall–Kier alpha value is -3.65. The fourth-order valence-corrected chi connectivity index (χ4v) is 3.89. The van der Waals surface area contributed by atoms with E-state index in [-0.39, 0.29) is 12.2 Å². The number of rotatable bonds is 5. The minimum Gasteiger partial charge on any atom is -0.354 e. The lowest BCUT2D eigenvalue weighted by molar-refractivity contribution is 0.0992. The maximum Gasteiger partial charge on any atom is 0.169 e. The molecule has 8 heteroatoms. The van der Waals surface area contributed by atoms with E-state index in [4.69, 9.17) is 4.11 Å². The molecule has 5 rings (SSSR count). The summed E-state index contributed by atoms with van der Waals surface area (Å²) in [5, 5.41) is 10.1. The third kappa shape index (κ3) is 4.22. The van der Waals surface area contributed by atoms with Crippen molar-refractivity contribution in [3.63, 3.8) is 0 Å². The molecule has 8 nitrogen and oxygen atoms in total. The number of nitrogens with zero attached hydrogens (tertiary/aromatic N) is 7. The number of anilines is 1. The number of hydrogen-bond donors (Lipinski definition) is 0. The summed E-state index contributed by atoms with van der Waals surface area (Å²) in [6, 6.07) is 11.4.